The van der Waals surface area contributed by atoms with Crippen LogP contribution < -0.4 is 10.1 Å². The van der Waals surface area contributed by atoms with Crippen molar-refractivity contribution in [1.29, 1.82) is 0 Å². The molecule has 0 saturated carbocycles. The van der Waals surface area contributed by atoms with E-state index >= 15 is 0 Å². The third kappa shape index (κ3) is 4.99. The third-order valence-corrected chi connectivity index (χ3v) is 6.56. The van der Waals surface area contributed by atoms with Crippen molar-refractivity contribution in [3.05, 3.63) is 48.6 Å². The molecule has 0 unspecified atom stereocenters. The molecule has 4 heterocycles. The number of fused-ring (bicyclic) bond motifs is 1. The van der Waals surface area contributed by atoms with E-state index in [0.29, 0.717) is 34.3 Å². The molecule has 1 aromatic carbocycles. The Morgan fingerprint density at radius 3 is 2.56 bits per heavy atom. The summed E-state index contributed by atoms with van der Waals surface area (Å²) < 4.78 is 22.9. The second-order valence-electron chi connectivity index (χ2n) is 9.35. The first-order valence-corrected chi connectivity index (χ1v) is 12.4. The Morgan fingerprint density at radius 1 is 1.06 bits per heavy atom. The van der Waals surface area contributed by atoms with E-state index in [0.717, 1.165) is 43.8 Å². The number of likely N-dealkylation sites (tertiary alicyclic amines) is 1. The molecule has 188 valence electrons. The topological polar surface area (TPSA) is 93.9 Å². The minimum atomic E-state index is -0.375. The molecular weight excluding hydrogens is 459 g/mol. The lowest BCUT2D eigenvalue weighted by molar-refractivity contribution is 0.0994. The van der Waals surface area contributed by atoms with Gasteiger partial charge in [0, 0.05) is 30.8 Å². The maximum absolute atomic E-state index is 14.9. The number of nitrogens with one attached hydrogen (secondary N) is 1. The van der Waals surface area contributed by atoms with Crippen LogP contribution in [0.3, 0.4) is 0 Å². The fourth-order valence-electron chi connectivity index (χ4n) is 4.74. The van der Waals surface area contributed by atoms with Crippen LogP contribution in [0.2, 0.25) is 0 Å². The number of anilines is 2. The van der Waals surface area contributed by atoms with E-state index in [1.807, 2.05) is 17.6 Å². The monoisotopic (exact) mass is 490 g/mol. The van der Waals surface area contributed by atoms with Gasteiger partial charge in [-0.3, -0.25) is 0 Å². The summed E-state index contributed by atoms with van der Waals surface area (Å²) in [6.07, 6.45) is 6.83. The van der Waals surface area contributed by atoms with Crippen molar-refractivity contribution < 1.29 is 9.13 Å². The number of piperidine rings is 1. The highest BCUT2D eigenvalue weighted by Gasteiger charge is 2.20. The number of benzene rings is 1. The van der Waals surface area contributed by atoms with Gasteiger partial charge in [-0.05, 0) is 52.3 Å². The minimum absolute atomic E-state index is 0.155. The van der Waals surface area contributed by atoms with Crippen LogP contribution in [0, 0.1) is 12.7 Å². The highest BCUT2D eigenvalue weighted by molar-refractivity contribution is 5.83. The van der Waals surface area contributed by atoms with Gasteiger partial charge >= 0.3 is 0 Å². The molecule has 0 radical (unpaired) electrons. The number of aryl methyl sites for hydroxylation is 1. The number of aromatic nitrogens is 6. The minimum Gasteiger partial charge on any atom is -0.473 e. The van der Waals surface area contributed by atoms with E-state index in [2.05, 4.69) is 55.9 Å². The summed E-state index contributed by atoms with van der Waals surface area (Å²) in [5.41, 5.74) is 2.35. The van der Waals surface area contributed by atoms with Crippen LogP contribution in [-0.4, -0.2) is 60.1 Å². The standard InChI is InChI=1S/C26H31FN8O/c1-5-34-8-6-19(7-9-34)36-25-14-28-24(13-29-25)33-23-12-21(30-15-31-23)18-10-20(27)26-22(11-18)35(16(2)3)17(4)32-26/h10-16,19H,5-9H2,1-4H3,(H,28,30,31,33). The SMILES string of the molecule is CCN1CCC(Oc2cnc(Nc3cc(-c4cc(F)c5nc(C)n(C(C)C)c5c4)ncn3)cn2)CC1. The van der Waals surface area contributed by atoms with Gasteiger partial charge in [0.05, 0.1) is 23.6 Å². The first-order chi connectivity index (χ1) is 17.4. The van der Waals surface area contributed by atoms with Crippen molar-refractivity contribution in [2.75, 3.05) is 25.0 Å². The average Bonchev–Trinajstić information content (AvgIpc) is 3.22. The molecule has 1 N–H and O–H groups in total. The Bertz CT molecular complexity index is 1350. The molecule has 0 spiro atoms. The lowest BCUT2D eigenvalue weighted by Gasteiger charge is -2.30. The van der Waals surface area contributed by atoms with Crippen molar-refractivity contribution in [3.63, 3.8) is 0 Å². The van der Waals surface area contributed by atoms with E-state index in [1.165, 1.54) is 12.4 Å². The molecule has 1 aliphatic heterocycles. The molecule has 9 nitrogen and oxygen atoms in total. The summed E-state index contributed by atoms with van der Waals surface area (Å²) in [7, 11) is 0. The zero-order valence-electron chi connectivity index (χ0n) is 21.1. The molecule has 36 heavy (non-hydrogen) atoms. The van der Waals surface area contributed by atoms with Crippen LogP contribution in [0.4, 0.5) is 16.0 Å². The van der Waals surface area contributed by atoms with Gasteiger partial charge in [-0.15, -0.1) is 0 Å². The van der Waals surface area contributed by atoms with E-state index < -0.39 is 0 Å². The van der Waals surface area contributed by atoms with Crippen LogP contribution in [-0.2, 0) is 0 Å². The predicted octanol–water partition coefficient (Wildman–Crippen LogP) is 4.92. The number of imidazole rings is 1. The summed E-state index contributed by atoms with van der Waals surface area (Å²) in [5.74, 6) is 1.98. The molecule has 0 amide bonds. The highest BCUT2D eigenvalue weighted by atomic mass is 19.1. The number of rotatable bonds is 7. The number of halogens is 1. The highest BCUT2D eigenvalue weighted by Crippen LogP contribution is 2.29. The van der Waals surface area contributed by atoms with Crippen LogP contribution in [0.15, 0.2) is 36.9 Å². The number of hydrogen-bond acceptors (Lipinski definition) is 8. The fraction of sp³-hybridized carbons (Fsp3) is 0.423. The van der Waals surface area contributed by atoms with Gasteiger partial charge in [-0.25, -0.2) is 29.3 Å². The molecule has 0 atom stereocenters. The third-order valence-electron chi connectivity index (χ3n) is 6.56. The molecule has 10 heteroatoms. The average molecular weight is 491 g/mol. The Labute approximate surface area is 209 Å². The van der Waals surface area contributed by atoms with Crippen molar-refractivity contribution >= 4 is 22.7 Å². The number of hydrogen-bond donors (Lipinski definition) is 1. The Morgan fingerprint density at radius 2 is 1.86 bits per heavy atom. The molecule has 0 bridgehead atoms. The van der Waals surface area contributed by atoms with E-state index in [9.17, 15) is 4.39 Å². The molecule has 1 aliphatic rings. The van der Waals surface area contributed by atoms with Crippen LogP contribution in [0.5, 0.6) is 5.88 Å². The molecule has 1 saturated heterocycles. The van der Waals surface area contributed by atoms with E-state index in [4.69, 9.17) is 4.74 Å². The van der Waals surface area contributed by atoms with Crippen molar-refractivity contribution in [2.45, 2.75) is 52.7 Å². The van der Waals surface area contributed by atoms with Crippen molar-refractivity contribution in [2.24, 2.45) is 0 Å². The molecular formula is C26H31FN8O. The first-order valence-electron chi connectivity index (χ1n) is 12.4. The van der Waals surface area contributed by atoms with Gasteiger partial charge in [-0.1, -0.05) is 6.92 Å². The number of ether oxygens (including phenoxy) is 1. The van der Waals surface area contributed by atoms with Gasteiger partial charge in [0.1, 0.15) is 35.4 Å². The first kappa shape index (κ1) is 24.1. The molecule has 1 fully saturated rings. The zero-order chi connectivity index (χ0) is 25.2. The van der Waals surface area contributed by atoms with Gasteiger partial charge in [-0.2, -0.15) is 0 Å². The summed E-state index contributed by atoms with van der Waals surface area (Å²) in [6.45, 7) is 11.3. The molecule has 0 aliphatic carbocycles. The van der Waals surface area contributed by atoms with E-state index in [1.54, 1.807) is 18.5 Å². The quantitative estimate of drug-likeness (QED) is 0.390. The number of nitrogens with zero attached hydrogens (tertiary/aromatic N) is 7. The van der Waals surface area contributed by atoms with Crippen molar-refractivity contribution in [3.8, 4) is 17.1 Å². The molecule has 3 aromatic heterocycles. The Balaban J connectivity index is 1.31. The van der Waals surface area contributed by atoms with Crippen LogP contribution >= 0.6 is 0 Å². The van der Waals surface area contributed by atoms with Crippen LogP contribution in [0.1, 0.15) is 45.5 Å². The van der Waals surface area contributed by atoms with Crippen molar-refractivity contribution in [1.82, 2.24) is 34.4 Å². The molecule has 5 rings (SSSR count). The van der Waals surface area contributed by atoms with Gasteiger partial charge < -0.3 is 19.5 Å². The largest absolute Gasteiger partial charge is 0.473 e. The summed E-state index contributed by atoms with van der Waals surface area (Å²) in [4.78, 5) is 24.3. The van der Waals surface area contributed by atoms with Gasteiger partial charge in [0.15, 0.2) is 5.82 Å². The summed E-state index contributed by atoms with van der Waals surface area (Å²) in [6, 6.07) is 5.29. The second-order valence-corrected chi connectivity index (χ2v) is 9.35. The maximum atomic E-state index is 14.9. The molecule has 4 aromatic rings. The zero-order valence-corrected chi connectivity index (χ0v) is 21.1. The van der Waals surface area contributed by atoms with Gasteiger partial charge in [0.25, 0.3) is 0 Å². The van der Waals surface area contributed by atoms with Gasteiger partial charge in [0.2, 0.25) is 5.88 Å². The lowest BCUT2D eigenvalue weighted by Crippen LogP contribution is -2.38. The lowest BCUT2D eigenvalue weighted by atomic mass is 10.1. The fourth-order valence-corrected chi connectivity index (χ4v) is 4.74. The normalized spacial score (nSPS) is 15.1. The Hall–Kier alpha value is -3.66. The second kappa shape index (κ2) is 10.1. The Kier molecular flexibility index (Phi) is 6.77. The predicted molar refractivity (Wildman–Crippen MR) is 137 cm³/mol. The maximum Gasteiger partial charge on any atom is 0.232 e. The smallest absolute Gasteiger partial charge is 0.232 e. The van der Waals surface area contributed by atoms with Crippen LogP contribution in [0.25, 0.3) is 22.3 Å². The summed E-state index contributed by atoms with van der Waals surface area (Å²) >= 11 is 0. The summed E-state index contributed by atoms with van der Waals surface area (Å²) in [5, 5.41) is 3.15. The van der Waals surface area contributed by atoms with E-state index in [-0.39, 0.29) is 18.0 Å².